The second-order valence-electron chi connectivity index (χ2n) is 12.4. The quantitative estimate of drug-likeness (QED) is 0.0292. The van der Waals surface area contributed by atoms with Crippen LogP contribution in [0.5, 0.6) is 0 Å². The lowest BCUT2D eigenvalue weighted by atomic mass is 10.1. The first-order chi connectivity index (χ1) is 25.5. The number of ether oxygens (including phenoxy) is 1. The van der Waals surface area contributed by atoms with Gasteiger partial charge >= 0.3 is 5.97 Å². The van der Waals surface area contributed by atoms with E-state index in [2.05, 4.69) is 75.8 Å². The summed E-state index contributed by atoms with van der Waals surface area (Å²) in [5.74, 6) is -1.51. The van der Waals surface area contributed by atoms with E-state index >= 15 is 0 Å². The molecule has 15 heteroatoms. The minimum atomic E-state index is -0.782. The number of unbranched alkanes of at least 4 members (excludes halogenated alkanes) is 6. The lowest BCUT2D eigenvalue weighted by Gasteiger charge is -2.17. The molecule has 15 nitrogen and oxygen atoms in total. The number of esters is 1. The summed E-state index contributed by atoms with van der Waals surface area (Å²) in [7, 11) is 2.28. The molecule has 0 rings (SSSR count). The highest BCUT2D eigenvalue weighted by molar-refractivity contribution is 5.87. The van der Waals surface area contributed by atoms with Crippen molar-refractivity contribution >= 4 is 29.6 Å². The molecule has 0 aliphatic rings. The van der Waals surface area contributed by atoms with E-state index < -0.39 is 29.9 Å². The molecule has 2 atom stereocenters. The maximum Gasteiger partial charge on any atom is 0.305 e. The van der Waals surface area contributed by atoms with Crippen LogP contribution in [-0.2, 0) is 28.7 Å². The van der Waals surface area contributed by atoms with Crippen LogP contribution in [0.25, 0.3) is 0 Å². The third-order valence-corrected chi connectivity index (χ3v) is 7.66. The molecule has 0 fully saturated rings. The molecule has 0 aromatic heterocycles. The summed E-state index contributed by atoms with van der Waals surface area (Å²) >= 11 is 0. The van der Waals surface area contributed by atoms with Crippen molar-refractivity contribution in [2.24, 2.45) is 5.73 Å². The topological polar surface area (TPSA) is 233 Å². The van der Waals surface area contributed by atoms with E-state index in [1.807, 2.05) is 6.92 Å². The Bertz CT molecular complexity index is 996. The van der Waals surface area contributed by atoms with Gasteiger partial charge in [-0.3, -0.25) is 24.0 Å². The zero-order valence-electron chi connectivity index (χ0n) is 33.7. The predicted molar refractivity (Wildman–Crippen MR) is 212 cm³/mol. The summed E-state index contributed by atoms with van der Waals surface area (Å²) < 4.78 is 4.52. The maximum absolute atomic E-state index is 12.1. The molecule has 0 aromatic rings. The van der Waals surface area contributed by atoms with Crippen LogP contribution < -0.4 is 37.6 Å². The molecule has 0 bridgehead atoms. The Balaban J connectivity index is -0.00000178. The monoisotopic (exact) mass is 758 g/mol. The molecule has 0 saturated carbocycles. The normalized spacial score (nSPS) is 11.9. The average Bonchev–Trinajstić information content (AvgIpc) is 3.16. The van der Waals surface area contributed by atoms with Crippen LogP contribution in [0.15, 0.2) is 23.9 Å². The predicted octanol–water partition coefficient (Wildman–Crippen LogP) is 2.07. The number of methoxy groups -OCH3 is 1. The maximum atomic E-state index is 12.1. The molecular formula is C38H75N7O8. The number of allylic oxidation sites excluding steroid dienone is 3. The van der Waals surface area contributed by atoms with Gasteiger partial charge in [-0.25, -0.2) is 0 Å². The van der Waals surface area contributed by atoms with Gasteiger partial charge in [-0.05, 0) is 65.6 Å². The van der Waals surface area contributed by atoms with Gasteiger partial charge in [-0.2, -0.15) is 0 Å². The Labute approximate surface area is 319 Å². The van der Waals surface area contributed by atoms with Crippen molar-refractivity contribution in [1.29, 1.82) is 0 Å². The Hall–Kier alpha value is -3.53. The van der Waals surface area contributed by atoms with Gasteiger partial charge in [0.1, 0.15) is 0 Å². The van der Waals surface area contributed by atoms with Crippen LogP contribution in [0.1, 0.15) is 118 Å². The lowest BCUT2D eigenvalue weighted by molar-refractivity contribution is -0.140. The number of hydrogen-bond acceptors (Lipinski definition) is 11. The molecule has 0 aliphatic heterocycles. The minimum Gasteiger partial charge on any atom is -0.469 e. The second-order valence-corrected chi connectivity index (χ2v) is 12.4. The number of nitrogens with two attached hydrogens (primary N) is 1. The van der Waals surface area contributed by atoms with Crippen molar-refractivity contribution in [3.05, 3.63) is 23.9 Å². The van der Waals surface area contributed by atoms with Crippen molar-refractivity contribution in [1.82, 2.24) is 31.9 Å². The van der Waals surface area contributed by atoms with Crippen molar-refractivity contribution in [3.8, 4) is 0 Å². The second kappa shape index (κ2) is 41.2. The molecule has 4 amide bonds. The van der Waals surface area contributed by atoms with Gasteiger partial charge in [0.25, 0.3) is 0 Å². The first-order valence-electron chi connectivity index (χ1n) is 19.2. The number of carbonyl (C=O) groups is 5. The number of amides is 4. The molecule has 0 radical (unpaired) electrons. The third-order valence-electron chi connectivity index (χ3n) is 7.66. The minimum absolute atomic E-state index is 0.0545. The summed E-state index contributed by atoms with van der Waals surface area (Å²) in [5, 5.41) is 33.4. The van der Waals surface area contributed by atoms with Crippen LogP contribution in [0.3, 0.4) is 0 Å². The molecule has 53 heavy (non-hydrogen) atoms. The molecule has 0 saturated heterocycles. The van der Waals surface area contributed by atoms with Crippen LogP contribution in [-0.4, -0.2) is 112 Å². The molecular weight excluding hydrogens is 682 g/mol. The van der Waals surface area contributed by atoms with Crippen LogP contribution in [0, 0.1) is 0 Å². The number of carbonyl (C=O) groups excluding carboxylic acids is 5. The van der Waals surface area contributed by atoms with Crippen molar-refractivity contribution in [2.45, 2.75) is 130 Å². The van der Waals surface area contributed by atoms with E-state index in [1.165, 1.54) is 44.8 Å². The summed E-state index contributed by atoms with van der Waals surface area (Å²) in [4.78, 5) is 59.0. The van der Waals surface area contributed by atoms with E-state index in [4.69, 9.17) is 10.8 Å². The van der Waals surface area contributed by atoms with E-state index in [0.29, 0.717) is 45.3 Å². The fraction of sp³-hybridized carbons (Fsp3) is 0.763. The molecule has 1 unspecified atom stereocenters. The highest BCUT2D eigenvalue weighted by Gasteiger charge is 2.15. The highest BCUT2D eigenvalue weighted by Crippen LogP contribution is 2.08. The Kier molecular flexibility index (Phi) is 41.9. The summed E-state index contributed by atoms with van der Waals surface area (Å²) in [6, 6.07) is -1.33. The first kappa shape index (κ1) is 53.8. The van der Waals surface area contributed by atoms with E-state index in [1.54, 1.807) is 0 Å². The lowest BCUT2D eigenvalue weighted by Crippen LogP contribution is -2.46. The van der Waals surface area contributed by atoms with Gasteiger partial charge < -0.3 is 52.6 Å². The molecule has 310 valence electrons. The fourth-order valence-electron chi connectivity index (χ4n) is 4.53. The Morgan fingerprint density at radius 3 is 2.04 bits per heavy atom. The van der Waals surface area contributed by atoms with Gasteiger partial charge in [0, 0.05) is 52.6 Å². The van der Waals surface area contributed by atoms with Crippen LogP contribution in [0.2, 0.25) is 0 Å². The molecule has 0 heterocycles. The number of hydrogen-bond donors (Lipinski definition) is 9. The number of aliphatic hydroxyl groups excluding tert-OH is 2. The number of aliphatic hydroxyl groups is 2. The number of rotatable bonds is 30. The summed E-state index contributed by atoms with van der Waals surface area (Å²) in [6.45, 7) is 10.7. The summed E-state index contributed by atoms with van der Waals surface area (Å²) in [6.07, 6.45) is 17.4. The third kappa shape index (κ3) is 39.5. The van der Waals surface area contributed by atoms with E-state index in [9.17, 15) is 29.1 Å². The zero-order valence-corrected chi connectivity index (χ0v) is 33.7. The SMILES string of the molecule is C/C=C\C/C(C)=C\NCC.CCCCCCCCCC(=O)NCCNCCC(N)C(=O)NCC(=O)NCC[C@H](CO)NC(=O)CCCC(=O)OC.CO. The van der Waals surface area contributed by atoms with Gasteiger partial charge in [-0.15, -0.1) is 0 Å². The highest BCUT2D eigenvalue weighted by atomic mass is 16.5. The van der Waals surface area contributed by atoms with Crippen molar-refractivity contribution in [2.75, 3.05) is 60.1 Å². The van der Waals surface area contributed by atoms with Gasteiger partial charge in [-0.1, -0.05) is 63.2 Å². The van der Waals surface area contributed by atoms with Gasteiger partial charge in [0.05, 0.1) is 32.3 Å². The Morgan fingerprint density at radius 1 is 0.774 bits per heavy atom. The Morgan fingerprint density at radius 2 is 1.42 bits per heavy atom. The zero-order chi connectivity index (χ0) is 40.5. The van der Waals surface area contributed by atoms with E-state index in [-0.39, 0.29) is 44.4 Å². The largest absolute Gasteiger partial charge is 0.469 e. The number of nitrogens with one attached hydrogen (secondary N) is 6. The van der Waals surface area contributed by atoms with Crippen molar-refractivity contribution < 1.29 is 38.9 Å². The average molecular weight is 758 g/mol. The van der Waals surface area contributed by atoms with Crippen LogP contribution in [0.4, 0.5) is 0 Å². The molecule has 10 N–H and O–H groups in total. The van der Waals surface area contributed by atoms with Gasteiger partial charge in [0.2, 0.25) is 23.6 Å². The van der Waals surface area contributed by atoms with Crippen molar-refractivity contribution in [3.63, 3.8) is 0 Å². The van der Waals surface area contributed by atoms with Gasteiger partial charge in [0.15, 0.2) is 0 Å². The standard InChI is InChI=1S/C28H54N6O7.C9H17N.CH4O/c1-3-4-5-6-7-8-9-11-24(36)32-19-18-30-16-15-23(29)28(40)33-20-26(38)31-17-14-22(21-35)34-25(37)12-10-13-27(39)41-2;1-4-6-7-9(3)8-10-5-2;1-2/h22-23,30,35H,3-21,29H2,1-2H3,(H,31,38)(H,32,36)(H,33,40)(H,34,37);4,6,8,10H,5,7H2,1-3H3;2H,1H3/b;6-4-,9-8-;/t22-,23?;;/m1../s1. The first-order valence-corrected chi connectivity index (χ1v) is 19.2. The van der Waals surface area contributed by atoms with Crippen LogP contribution >= 0.6 is 0 Å². The molecule has 0 aromatic carbocycles. The smallest absolute Gasteiger partial charge is 0.305 e. The van der Waals surface area contributed by atoms with E-state index in [0.717, 1.165) is 32.9 Å². The molecule has 0 aliphatic carbocycles. The molecule has 0 spiro atoms. The fourth-order valence-corrected chi connectivity index (χ4v) is 4.53. The summed E-state index contributed by atoms with van der Waals surface area (Å²) in [5.41, 5.74) is 7.26.